The zero-order valence-electron chi connectivity index (χ0n) is 13.9. The lowest BCUT2D eigenvalue weighted by molar-refractivity contribution is -0.146. The predicted molar refractivity (Wildman–Crippen MR) is 84.4 cm³/mol. The second-order valence-electron chi connectivity index (χ2n) is 5.84. The number of nitrogens with one attached hydrogen (secondary N) is 1. The van der Waals surface area contributed by atoms with Gasteiger partial charge in [-0.05, 0) is 45.4 Å². The van der Waals surface area contributed by atoms with Gasteiger partial charge < -0.3 is 10.1 Å². The smallest absolute Gasteiger partial charge is 0.330 e. The van der Waals surface area contributed by atoms with Gasteiger partial charge in [0.1, 0.15) is 5.54 Å². The molecule has 0 unspecified atom stereocenters. The third kappa shape index (κ3) is 3.39. The standard InChI is InChI=1S/C16H20N4O3/c1-10-7-6-8-12(9-10)20-11(2)13(18-19-20)14(21)17-16(3,4)15(22)23-5/h6-9H,1-5H3,(H,17,21). The fraction of sp³-hybridized carbons (Fsp3) is 0.375. The summed E-state index contributed by atoms with van der Waals surface area (Å²) in [6, 6.07) is 7.71. The van der Waals surface area contributed by atoms with Gasteiger partial charge in [0.05, 0.1) is 18.5 Å². The van der Waals surface area contributed by atoms with Gasteiger partial charge in [0, 0.05) is 0 Å². The molecule has 0 aliphatic heterocycles. The van der Waals surface area contributed by atoms with Gasteiger partial charge in [0.2, 0.25) is 0 Å². The Morgan fingerprint density at radius 1 is 1.26 bits per heavy atom. The van der Waals surface area contributed by atoms with Crippen molar-refractivity contribution in [3.63, 3.8) is 0 Å². The normalized spacial score (nSPS) is 11.2. The summed E-state index contributed by atoms with van der Waals surface area (Å²) in [6.07, 6.45) is 0. The minimum atomic E-state index is -1.15. The highest BCUT2D eigenvalue weighted by Gasteiger charge is 2.32. The molecular weight excluding hydrogens is 296 g/mol. The lowest BCUT2D eigenvalue weighted by Crippen LogP contribution is -2.50. The molecule has 0 saturated carbocycles. The number of carbonyl (C=O) groups is 2. The maximum Gasteiger partial charge on any atom is 0.330 e. The zero-order chi connectivity index (χ0) is 17.2. The van der Waals surface area contributed by atoms with Gasteiger partial charge in [-0.3, -0.25) is 4.79 Å². The van der Waals surface area contributed by atoms with Crippen molar-refractivity contribution >= 4 is 11.9 Å². The highest BCUT2D eigenvalue weighted by molar-refractivity contribution is 5.97. The van der Waals surface area contributed by atoms with E-state index in [1.54, 1.807) is 25.5 Å². The van der Waals surface area contributed by atoms with Crippen molar-refractivity contribution in [3.05, 3.63) is 41.2 Å². The van der Waals surface area contributed by atoms with E-state index in [1.807, 2.05) is 31.2 Å². The fourth-order valence-electron chi connectivity index (χ4n) is 2.19. The number of rotatable bonds is 4. The Kier molecular flexibility index (Phi) is 4.49. The molecule has 0 aliphatic carbocycles. The Bertz CT molecular complexity index is 750. The van der Waals surface area contributed by atoms with Crippen molar-refractivity contribution in [2.75, 3.05) is 7.11 Å². The van der Waals surface area contributed by atoms with E-state index >= 15 is 0 Å². The summed E-state index contributed by atoms with van der Waals surface area (Å²) >= 11 is 0. The first kappa shape index (κ1) is 16.7. The molecule has 7 heteroatoms. The van der Waals surface area contributed by atoms with Gasteiger partial charge in [0.15, 0.2) is 5.69 Å². The quantitative estimate of drug-likeness (QED) is 0.865. The van der Waals surface area contributed by atoms with Crippen molar-refractivity contribution in [1.82, 2.24) is 20.3 Å². The van der Waals surface area contributed by atoms with Crippen LogP contribution in [0, 0.1) is 13.8 Å². The van der Waals surface area contributed by atoms with E-state index < -0.39 is 17.4 Å². The molecule has 122 valence electrons. The second kappa shape index (κ2) is 6.20. The van der Waals surface area contributed by atoms with Crippen LogP contribution in [0.1, 0.15) is 35.6 Å². The summed E-state index contributed by atoms with van der Waals surface area (Å²) in [5.74, 6) is -1.01. The largest absolute Gasteiger partial charge is 0.467 e. The lowest BCUT2D eigenvalue weighted by Gasteiger charge is -2.22. The molecule has 1 N–H and O–H groups in total. The summed E-state index contributed by atoms with van der Waals surface area (Å²) in [5, 5.41) is 10.6. The minimum absolute atomic E-state index is 0.170. The number of amides is 1. The first-order valence-corrected chi connectivity index (χ1v) is 7.16. The summed E-state index contributed by atoms with van der Waals surface area (Å²) in [5.41, 5.74) is 1.51. The van der Waals surface area contributed by atoms with Crippen molar-refractivity contribution in [3.8, 4) is 5.69 Å². The van der Waals surface area contributed by atoms with Gasteiger partial charge in [-0.25, -0.2) is 9.48 Å². The monoisotopic (exact) mass is 316 g/mol. The van der Waals surface area contributed by atoms with Crippen LogP contribution >= 0.6 is 0 Å². The lowest BCUT2D eigenvalue weighted by atomic mass is 10.1. The Balaban J connectivity index is 2.29. The number of benzene rings is 1. The molecule has 0 fully saturated rings. The number of hydrogen-bond acceptors (Lipinski definition) is 5. The second-order valence-corrected chi connectivity index (χ2v) is 5.84. The van der Waals surface area contributed by atoms with Crippen molar-refractivity contribution in [2.45, 2.75) is 33.2 Å². The van der Waals surface area contributed by atoms with Gasteiger partial charge in [0.25, 0.3) is 5.91 Å². The molecule has 0 saturated heterocycles. The molecule has 1 amide bonds. The van der Waals surface area contributed by atoms with Gasteiger partial charge in [-0.15, -0.1) is 5.10 Å². The van der Waals surface area contributed by atoms with E-state index in [0.29, 0.717) is 5.69 Å². The Labute approximate surface area is 134 Å². The Morgan fingerprint density at radius 2 is 1.96 bits per heavy atom. The number of ether oxygens (including phenoxy) is 1. The topological polar surface area (TPSA) is 86.1 Å². The Morgan fingerprint density at radius 3 is 2.57 bits per heavy atom. The zero-order valence-corrected chi connectivity index (χ0v) is 13.9. The Hall–Kier alpha value is -2.70. The molecule has 1 aromatic carbocycles. The third-order valence-electron chi connectivity index (χ3n) is 3.48. The summed E-state index contributed by atoms with van der Waals surface area (Å²) in [6.45, 7) is 6.86. The van der Waals surface area contributed by atoms with Crippen LogP contribution in [0.4, 0.5) is 0 Å². The van der Waals surface area contributed by atoms with Gasteiger partial charge in [-0.1, -0.05) is 17.3 Å². The van der Waals surface area contributed by atoms with Crippen LogP contribution in [0.3, 0.4) is 0 Å². The summed E-state index contributed by atoms with van der Waals surface area (Å²) < 4.78 is 6.27. The van der Waals surface area contributed by atoms with E-state index in [1.165, 1.54) is 7.11 Å². The molecule has 1 aromatic heterocycles. The molecular formula is C16H20N4O3. The van der Waals surface area contributed by atoms with Gasteiger partial charge in [-0.2, -0.15) is 0 Å². The maximum absolute atomic E-state index is 12.4. The van der Waals surface area contributed by atoms with Crippen LogP contribution in [0.15, 0.2) is 24.3 Å². The van der Waals surface area contributed by atoms with Crippen LogP contribution in [0.2, 0.25) is 0 Å². The van der Waals surface area contributed by atoms with Crippen molar-refractivity contribution in [1.29, 1.82) is 0 Å². The van der Waals surface area contributed by atoms with Crippen LogP contribution in [-0.2, 0) is 9.53 Å². The number of aryl methyl sites for hydroxylation is 1. The SMILES string of the molecule is COC(=O)C(C)(C)NC(=O)c1nnn(-c2cccc(C)c2)c1C. The highest BCUT2D eigenvalue weighted by Crippen LogP contribution is 2.14. The molecule has 2 aromatic rings. The third-order valence-corrected chi connectivity index (χ3v) is 3.48. The van der Waals surface area contributed by atoms with E-state index in [0.717, 1.165) is 11.3 Å². The van der Waals surface area contributed by atoms with Crippen LogP contribution in [0.25, 0.3) is 5.69 Å². The van der Waals surface area contributed by atoms with Crippen LogP contribution in [-0.4, -0.2) is 39.5 Å². The molecule has 0 atom stereocenters. The van der Waals surface area contributed by atoms with Gasteiger partial charge >= 0.3 is 5.97 Å². The van der Waals surface area contributed by atoms with Crippen molar-refractivity contribution in [2.24, 2.45) is 0 Å². The van der Waals surface area contributed by atoms with E-state index in [4.69, 9.17) is 0 Å². The number of carbonyl (C=O) groups excluding carboxylic acids is 2. The fourth-order valence-corrected chi connectivity index (χ4v) is 2.19. The molecule has 0 spiro atoms. The van der Waals surface area contributed by atoms with E-state index in [2.05, 4.69) is 20.4 Å². The average Bonchev–Trinajstić information content (AvgIpc) is 2.87. The molecule has 0 bridgehead atoms. The summed E-state index contributed by atoms with van der Waals surface area (Å²) in [4.78, 5) is 24.0. The predicted octanol–water partition coefficient (Wildman–Crippen LogP) is 1.57. The first-order chi connectivity index (χ1) is 10.8. The number of esters is 1. The maximum atomic E-state index is 12.4. The molecule has 2 rings (SSSR count). The molecule has 0 radical (unpaired) electrons. The summed E-state index contributed by atoms with van der Waals surface area (Å²) in [7, 11) is 1.27. The molecule has 7 nitrogen and oxygen atoms in total. The molecule has 0 aliphatic rings. The average molecular weight is 316 g/mol. The molecule has 23 heavy (non-hydrogen) atoms. The number of nitrogens with zero attached hydrogens (tertiary/aromatic N) is 3. The number of aromatic nitrogens is 3. The molecule has 1 heterocycles. The van der Waals surface area contributed by atoms with Crippen LogP contribution in [0.5, 0.6) is 0 Å². The number of hydrogen-bond donors (Lipinski definition) is 1. The van der Waals surface area contributed by atoms with E-state index in [-0.39, 0.29) is 5.69 Å². The minimum Gasteiger partial charge on any atom is -0.467 e. The first-order valence-electron chi connectivity index (χ1n) is 7.16. The number of methoxy groups -OCH3 is 1. The highest BCUT2D eigenvalue weighted by atomic mass is 16.5. The van der Waals surface area contributed by atoms with E-state index in [9.17, 15) is 9.59 Å². The van der Waals surface area contributed by atoms with Crippen molar-refractivity contribution < 1.29 is 14.3 Å². The van der Waals surface area contributed by atoms with Crippen LogP contribution < -0.4 is 5.32 Å².